The molecule has 0 aliphatic heterocycles. The van der Waals surface area contributed by atoms with Crippen LogP contribution in [-0.2, 0) is 4.79 Å². The van der Waals surface area contributed by atoms with E-state index in [1.165, 1.54) is 0 Å². The first kappa shape index (κ1) is 25.5. The van der Waals surface area contributed by atoms with Crippen LogP contribution in [0, 0.1) is 24.4 Å². The number of benzene rings is 2. The Morgan fingerprint density at radius 2 is 1.73 bits per heavy atom. The zero-order chi connectivity index (χ0) is 21.2. The number of carbonyl (C=O) groups excluding carboxylic acids is 1. The number of ether oxygens (including phenoxy) is 1. The molecule has 0 atom stereocenters. The predicted octanol–water partition coefficient (Wildman–Crippen LogP) is 3.60. The van der Waals surface area contributed by atoms with E-state index < -0.39 is 29.0 Å². The third-order valence-corrected chi connectivity index (χ3v) is 3.72. The van der Waals surface area contributed by atoms with Gasteiger partial charge in [0.1, 0.15) is 18.9 Å². The number of hydrogen-bond acceptors (Lipinski definition) is 3. The molecule has 164 valence electrons. The Kier molecular flexibility index (Phi) is 11.0. The lowest BCUT2D eigenvalue weighted by molar-refractivity contribution is -0.114. The van der Waals surface area contributed by atoms with Crippen molar-refractivity contribution in [2.75, 3.05) is 31.6 Å². The molecule has 0 heterocycles. The van der Waals surface area contributed by atoms with E-state index in [4.69, 9.17) is 4.74 Å². The fourth-order valence-electron chi connectivity index (χ4n) is 2.28. The smallest absolute Gasteiger partial charge is 0.246 e. The fourth-order valence-corrected chi connectivity index (χ4v) is 2.28. The SMILES string of the molecule is CCNC(=NCC(=O)Nc1ccc(F)c(F)c1F)NCCOc1ccc(C)cc1.I. The number of nitrogens with zero attached hydrogens (tertiary/aromatic N) is 1. The van der Waals surface area contributed by atoms with Crippen LogP contribution in [0.25, 0.3) is 0 Å². The van der Waals surface area contributed by atoms with Crippen LogP contribution >= 0.6 is 24.0 Å². The van der Waals surface area contributed by atoms with E-state index in [9.17, 15) is 18.0 Å². The summed E-state index contributed by atoms with van der Waals surface area (Å²) in [5.74, 6) is -4.00. The van der Waals surface area contributed by atoms with Crippen molar-refractivity contribution in [2.45, 2.75) is 13.8 Å². The van der Waals surface area contributed by atoms with Gasteiger partial charge >= 0.3 is 0 Å². The second-order valence-corrected chi connectivity index (χ2v) is 6.05. The Labute approximate surface area is 190 Å². The van der Waals surface area contributed by atoms with Gasteiger partial charge in [0.2, 0.25) is 5.91 Å². The Morgan fingerprint density at radius 3 is 2.40 bits per heavy atom. The fraction of sp³-hybridized carbons (Fsp3) is 0.300. The minimum absolute atomic E-state index is 0. The molecule has 0 spiro atoms. The molecular formula is C20H24F3IN4O2. The third kappa shape index (κ3) is 8.09. The molecule has 0 radical (unpaired) electrons. The molecule has 0 saturated carbocycles. The number of halogens is 4. The van der Waals surface area contributed by atoms with Crippen LogP contribution in [0.15, 0.2) is 41.4 Å². The highest BCUT2D eigenvalue weighted by Crippen LogP contribution is 2.19. The second kappa shape index (κ2) is 12.9. The molecule has 2 aromatic carbocycles. The number of hydrogen-bond donors (Lipinski definition) is 3. The minimum atomic E-state index is -1.64. The molecule has 0 saturated heterocycles. The van der Waals surface area contributed by atoms with Crippen molar-refractivity contribution >= 4 is 41.5 Å². The molecule has 0 aliphatic carbocycles. The summed E-state index contributed by atoms with van der Waals surface area (Å²) < 4.78 is 45.3. The van der Waals surface area contributed by atoms with E-state index in [-0.39, 0.29) is 30.5 Å². The van der Waals surface area contributed by atoms with Crippen LogP contribution in [0.4, 0.5) is 18.9 Å². The summed E-state index contributed by atoms with van der Waals surface area (Å²) in [6.45, 7) is 4.87. The Balaban J connectivity index is 0.00000450. The van der Waals surface area contributed by atoms with Gasteiger partial charge in [-0.3, -0.25) is 4.79 Å². The van der Waals surface area contributed by atoms with Gasteiger partial charge in [0.25, 0.3) is 0 Å². The molecule has 30 heavy (non-hydrogen) atoms. The number of guanidine groups is 1. The molecule has 0 aliphatic rings. The number of rotatable bonds is 8. The highest BCUT2D eigenvalue weighted by molar-refractivity contribution is 14.0. The van der Waals surface area contributed by atoms with E-state index in [1.54, 1.807) is 0 Å². The van der Waals surface area contributed by atoms with Crippen LogP contribution < -0.4 is 20.7 Å². The van der Waals surface area contributed by atoms with Crippen LogP contribution in [0.5, 0.6) is 5.75 Å². The number of nitrogens with one attached hydrogen (secondary N) is 3. The number of amides is 1. The van der Waals surface area contributed by atoms with Crippen molar-refractivity contribution < 1.29 is 22.7 Å². The lowest BCUT2D eigenvalue weighted by Gasteiger charge is -2.12. The Morgan fingerprint density at radius 1 is 1.03 bits per heavy atom. The van der Waals surface area contributed by atoms with E-state index in [0.29, 0.717) is 25.7 Å². The summed E-state index contributed by atoms with van der Waals surface area (Å²) in [6, 6.07) is 9.32. The average molecular weight is 536 g/mol. The summed E-state index contributed by atoms with van der Waals surface area (Å²) >= 11 is 0. The lowest BCUT2D eigenvalue weighted by Crippen LogP contribution is -2.40. The maximum atomic E-state index is 13.6. The Hall–Kier alpha value is -2.50. The van der Waals surface area contributed by atoms with Crippen LogP contribution in [-0.4, -0.2) is 38.1 Å². The zero-order valence-electron chi connectivity index (χ0n) is 16.6. The standard InChI is InChI=1S/C20H23F3N4O2.HI/c1-3-24-20(25-10-11-29-14-6-4-13(2)5-7-14)26-12-17(28)27-16-9-8-15(21)18(22)19(16)23;/h4-9H,3,10-12H2,1-2H3,(H,27,28)(H2,24,25,26);1H. The van der Waals surface area contributed by atoms with Gasteiger partial charge in [-0.15, -0.1) is 24.0 Å². The predicted molar refractivity (Wildman–Crippen MR) is 121 cm³/mol. The summed E-state index contributed by atoms with van der Waals surface area (Å²) in [4.78, 5) is 16.0. The minimum Gasteiger partial charge on any atom is -0.492 e. The van der Waals surface area contributed by atoms with Gasteiger partial charge < -0.3 is 20.7 Å². The summed E-state index contributed by atoms with van der Waals surface area (Å²) in [6.07, 6.45) is 0. The molecule has 0 fully saturated rings. The molecule has 6 nitrogen and oxygen atoms in total. The number of aryl methyl sites for hydroxylation is 1. The highest BCUT2D eigenvalue weighted by Gasteiger charge is 2.15. The molecule has 1 amide bonds. The highest BCUT2D eigenvalue weighted by atomic mass is 127. The second-order valence-electron chi connectivity index (χ2n) is 6.05. The topological polar surface area (TPSA) is 74.8 Å². The van der Waals surface area contributed by atoms with Gasteiger partial charge in [-0.05, 0) is 38.1 Å². The van der Waals surface area contributed by atoms with E-state index in [2.05, 4.69) is 20.9 Å². The summed E-state index contributed by atoms with van der Waals surface area (Å²) in [5, 5.41) is 8.12. The van der Waals surface area contributed by atoms with Gasteiger partial charge in [-0.25, -0.2) is 18.2 Å². The van der Waals surface area contributed by atoms with Crippen molar-refractivity contribution in [2.24, 2.45) is 4.99 Å². The molecule has 2 aromatic rings. The van der Waals surface area contributed by atoms with Crippen LogP contribution in [0.3, 0.4) is 0 Å². The first-order chi connectivity index (χ1) is 13.9. The summed E-state index contributed by atoms with van der Waals surface area (Å²) in [5.41, 5.74) is 0.687. The normalized spacial score (nSPS) is 10.8. The van der Waals surface area contributed by atoms with E-state index in [1.807, 2.05) is 38.1 Å². The number of aliphatic imine (C=N–C) groups is 1. The lowest BCUT2D eigenvalue weighted by atomic mass is 10.2. The largest absolute Gasteiger partial charge is 0.492 e. The van der Waals surface area contributed by atoms with Crippen molar-refractivity contribution in [3.63, 3.8) is 0 Å². The first-order valence-corrected chi connectivity index (χ1v) is 9.05. The monoisotopic (exact) mass is 536 g/mol. The quantitative estimate of drug-likeness (QED) is 0.159. The van der Waals surface area contributed by atoms with Gasteiger partial charge in [0.15, 0.2) is 23.4 Å². The Bertz CT molecular complexity index is 864. The molecule has 0 bridgehead atoms. The average Bonchev–Trinajstić information content (AvgIpc) is 2.71. The molecule has 2 rings (SSSR count). The zero-order valence-corrected chi connectivity index (χ0v) is 18.9. The number of carbonyl (C=O) groups is 1. The van der Waals surface area contributed by atoms with Crippen molar-refractivity contribution in [3.8, 4) is 5.75 Å². The molecule has 3 N–H and O–H groups in total. The van der Waals surface area contributed by atoms with Gasteiger partial charge in [0, 0.05) is 6.54 Å². The third-order valence-electron chi connectivity index (χ3n) is 3.72. The summed E-state index contributed by atoms with van der Waals surface area (Å²) in [7, 11) is 0. The molecule has 10 heteroatoms. The molecular weight excluding hydrogens is 512 g/mol. The van der Waals surface area contributed by atoms with Crippen molar-refractivity contribution in [3.05, 3.63) is 59.4 Å². The first-order valence-electron chi connectivity index (χ1n) is 9.05. The molecule has 0 aromatic heterocycles. The van der Waals surface area contributed by atoms with Crippen LogP contribution in [0.2, 0.25) is 0 Å². The maximum absolute atomic E-state index is 13.6. The van der Waals surface area contributed by atoms with Gasteiger partial charge in [0.05, 0.1) is 12.2 Å². The van der Waals surface area contributed by atoms with Crippen molar-refractivity contribution in [1.29, 1.82) is 0 Å². The van der Waals surface area contributed by atoms with Crippen molar-refractivity contribution in [1.82, 2.24) is 10.6 Å². The van der Waals surface area contributed by atoms with Crippen LogP contribution in [0.1, 0.15) is 12.5 Å². The number of anilines is 1. The van der Waals surface area contributed by atoms with Gasteiger partial charge in [-0.2, -0.15) is 0 Å². The maximum Gasteiger partial charge on any atom is 0.246 e. The van der Waals surface area contributed by atoms with E-state index >= 15 is 0 Å². The van der Waals surface area contributed by atoms with Gasteiger partial charge in [-0.1, -0.05) is 17.7 Å². The molecule has 0 unspecified atom stereocenters. The van der Waals surface area contributed by atoms with E-state index in [0.717, 1.165) is 23.4 Å².